The van der Waals surface area contributed by atoms with Crippen molar-refractivity contribution in [2.75, 3.05) is 0 Å². The minimum absolute atomic E-state index is 0.133. The molecule has 0 spiro atoms. The Labute approximate surface area is 148 Å². The number of carbonyl (C=O) groups is 1. The van der Waals surface area contributed by atoms with E-state index in [0.29, 0.717) is 18.9 Å². The van der Waals surface area contributed by atoms with Crippen LogP contribution in [0.25, 0.3) is 6.08 Å². The minimum atomic E-state index is -0.246. The SMILES string of the molecule is O=C1N=C(c2ccccc2)S/C1=C/c1cc(Br)c(O)c(Br)c1. The van der Waals surface area contributed by atoms with Crippen molar-refractivity contribution in [3.63, 3.8) is 0 Å². The highest BCUT2D eigenvalue weighted by molar-refractivity contribution is 9.11. The van der Waals surface area contributed by atoms with E-state index >= 15 is 0 Å². The number of hydrogen-bond acceptors (Lipinski definition) is 3. The zero-order valence-electron chi connectivity index (χ0n) is 11.1. The summed E-state index contributed by atoms with van der Waals surface area (Å²) in [6, 6.07) is 13.1. The van der Waals surface area contributed by atoms with E-state index in [1.165, 1.54) is 11.8 Å². The lowest BCUT2D eigenvalue weighted by atomic mass is 10.2. The number of hydrogen-bond donors (Lipinski definition) is 1. The summed E-state index contributed by atoms with van der Waals surface area (Å²) in [5, 5.41) is 10.4. The van der Waals surface area contributed by atoms with Gasteiger partial charge in [-0.3, -0.25) is 4.79 Å². The van der Waals surface area contributed by atoms with Crippen LogP contribution < -0.4 is 0 Å². The highest BCUT2D eigenvalue weighted by Crippen LogP contribution is 2.36. The Morgan fingerprint density at radius 3 is 2.36 bits per heavy atom. The van der Waals surface area contributed by atoms with Gasteiger partial charge in [-0.25, -0.2) is 4.99 Å². The zero-order chi connectivity index (χ0) is 15.7. The predicted octanol–water partition coefficient (Wildman–Crippen LogP) is 4.98. The van der Waals surface area contributed by atoms with Crippen molar-refractivity contribution in [1.29, 1.82) is 0 Å². The maximum absolute atomic E-state index is 12.0. The lowest BCUT2D eigenvalue weighted by Crippen LogP contribution is -1.89. The average Bonchev–Trinajstić information content (AvgIpc) is 2.87. The fraction of sp³-hybridized carbons (Fsp3) is 0. The molecule has 2 aromatic carbocycles. The van der Waals surface area contributed by atoms with E-state index < -0.39 is 0 Å². The molecule has 0 fully saturated rings. The van der Waals surface area contributed by atoms with Gasteiger partial charge in [-0.2, -0.15) is 0 Å². The molecule has 6 heteroatoms. The molecule has 1 heterocycles. The first-order chi connectivity index (χ1) is 10.5. The molecule has 0 bridgehead atoms. The van der Waals surface area contributed by atoms with E-state index in [0.717, 1.165) is 11.1 Å². The molecule has 0 saturated carbocycles. The second-order valence-electron chi connectivity index (χ2n) is 4.53. The van der Waals surface area contributed by atoms with Gasteiger partial charge in [0.05, 0.1) is 13.9 Å². The average molecular weight is 439 g/mol. The van der Waals surface area contributed by atoms with E-state index in [2.05, 4.69) is 36.9 Å². The summed E-state index contributed by atoms with van der Waals surface area (Å²) in [5.41, 5.74) is 1.73. The fourth-order valence-corrected chi connectivity index (χ4v) is 4.07. The van der Waals surface area contributed by atoms with Crippen LogP contribution in [0.3, 0.4) is 0 Å². The molecule has 0 radical (unpaired) electrons. The Morgan fingerprint density at radius 2 is 1.73 bits per heavy atom. The summed E-state index contributed by atoms with van der Waals surface area (Å²) < 4.78 is 1.13. The molecule has 22 heavy (non-hydrogen) atoms. The topological polar surface area (TPSA) is 49.7 Å². The summed E-state index contributed by atoms with van der Waals surface area (Å²) in [4.78, 5) is 16.7. The van der Waals surface area contributed by atoms with Crippen molar-refractivity contribution in [1.82, 2.24) is 0 Å². The summed E-state index contributed by atoms with van der Waals surface area (Å²) in [6.45, 7) is 0. The molecular weight excluding hydrogens is 430 g/mol. The van der Waals surface area contributed by atoms with Gasteiger partial charge in [0, 0.05) is 5.56 Å². The van der Waals surface area contributed by atoms with Gasteiger partial charge < -0.3 is 5.11 Å². The van der Waals surface area contributed by atoms with Crippen LogP contribution in [0.5, 0.6) is 5.75 Å². The van der Waals surface area contributed by atoms with E-state index in [1.54, 1.807) is 18.2 Å². The first-order valence-electron chi connectivity index (χ1n) is 6.30. The third-order valence-electron chi connectivity index (χ3n) is 2.98. The van der Waals surface area contributed by atoms with Gasteiger partial charge in [-0.15, -0.1) is 0 Å². The second kappa shape index (κ2) is 6.40. The van der Waals surface area contributed by atoms with E-state index in [-0.39, 0.29) is 11.7 Å². The minimum Gasteiger partial charge on any atom is -0.506 e. The largest absolute Gasteiger partial charge is 0.506 e. The lowest BCUT2D eigenvalue weighted by molar-refractivity contribution is -0.113. The highest BCUT2D eigenvalue weighted by Gasteiger charge is 2.22. The number of amides is 1. The Balaban J connectivity index is 1.90. The van der Waals surface area contributed by atoms with Crippen LogP contribution in [0.2, 0.25) is 0 Å². The maximum atomic E-state index is 12.0. The number of carbonyl (C=O) groups excluding carboxylic acids is 1. The van der Waals surface area contributed by atoms with Crippen LogP contribution in [0.1, 0.15) is 11.1 Å². The normalized spacial score (nSPS) is 16.2. The highest BCUT2D eigenvalue weighted by atomic mass is 79.9. The molecule has 2 aromatic rings. The number of phenolic OH excluding ortho intramolecular Hbond substituents is 1. The van der Waals surface area contributed by atoms with E-state index in [1.807, 2.05) is 30.3 Å². The number of rotatable bonds is 2. The number of halogens is 2. The Morgan fingerprint density at radius 1 is 1.09 bits per heavy atom. The number of nitrogens with zero attached hydrogens (tertiary/aromatic N) is 1. The van der Waals surface area contributed by atoms with Gasteiger partial charge in [-0.1, -0.05) is 42.1 Å². The van der Waals surface area contributed by atoms with Gasteiger partial charge >= 0.3 is 0 Å². The summed E-state index contributed by atoms with van der Waals surface area (Å²) in [5.74, 6) is -0.113. The molecule has 0 saturated heterocycles. The fourth-order valence-electron chi connectivity index (χ4n) is 1.93. The first kappa shape index (κ1) is 15.5. The molecule has 3 nitrogen and oxygen atoms in total. The van der Waals surface area contributed by atoms with Crippen LogP contribution in [-0.4, -0.2) is 16.1 Å². The second-order valence-corrected chi connectivity index (χ2v) is 7.27. The quantitative estimate of drug-likeness (QED) is 0.672. The molecule has 1 aliphatic rings. The van der Waals surface area contributed by atoms with Crippen molar-refractivity contribution in [2.45, 2.75) is 0 Å². The molecule has 3 rings (SSSR count). The monoisotopic (exact) mass is 437 g/mol. The van der Waals surface area contributed by atoms with Crippen molar-refractivity contribution >= 4 is 60.6 Å². The number of aliphatic imine (C=N–C) groups is 1. The summed E-state index contributed by atoms with van der Waals surface area (Å²) in [7, 11) is 0. The van der Waals surface area contributed by atoms with Crippen LogP contribution in [0.4, 0.5) is 0 Å². The Bertz CT molecular complexity index is 793. The van der Waals surface area contributed by atoms with Gasteiger partial charge in [0.2, 0.25) is 0 Å². The number of phenols is 1. The zero-order valence-corrected chi connectivity index (χ0v) is 15.1. The van der Waals surface area contributed by atoms with Gasteiger partial charge in [0.25, 0.3) is 5.91 Å². The molecule has 0 atom stereocenters. The van der Waals surface area contributed by atoms with Crippen LogP contribution in [0.15, 0.2) is 61.3 Å². The molecule has 0 aromatic heterocycles. The number of aromatic hydroxyl groups is 1. The van der Waals surface area contributed by atoms with Crippen LogP contribution in [0, 0.1) is 0 Å². The van der Waals surface area contributed by atoms with Crippen molar-refractivity contribution in [3.05, 3.63) is 67.4 Å². The number of benzene rings is 2. The van der Waals surface area contributed by atoms with E-state index in [4.69, 9.17) is 0 Å². The number of thioether (sulfide) groups is 1. The predicted molar refractivity (Wildman–Crippen MR) is 97.1 cm³/mol. The standard InChI is InChI=1S/C16H9Br2NO2S/c17-11-6-9(7-12(18)14(11)20)8-13-15(21)19-16(22-13)10-4-2-1-3-5-10/h1-8,20H/b13-8+. The summed E-state index contributed by atoms with van der Waals surface area (Å²) >= 11 is 7.91. The van der Waals surface area contributed by atoms with Crippen LogP contribution >= 0.6 is 43.6 Å². The molecule has 1 aliphatic heterocycles. The molecule has 1 amide bonds. The van der Waals surface area contributed by atoms with Crippen molar-refractivity contribution < 1.29 is 9.90 Å². The Hall–Kier alpha value is -1.37. The van der Waals surface area contributed by atoms with Crippen LogP contribution in [-0.2, 0) is 4.79 Å². The molecule has 1 N–H and O–H groups in total. The summed E-state index contributed by atoms with van der Waals surface area (Å²) in [6.07, 6.45) is 1.77. The Kier molecular flexibility index (Phi) is 4.52. The first-order valence-corrected chi connectivity index (χ1v) is 8.71. The van der Waals surface area contributed by atoms with Gasteiger partial charge in [0.1, 0.15) is 10.8 Å². The maximum Gasteiger partial charge on any atom is 0.284 e. The third kappa shape index (κ3) is 3.19. The molecule has 0 unspecified atom stereocenters. The molecule has 0 aliphatic carbocycles. The van der Waals surface area contributed by atoms with Gasteiger partial charge in [0.15, 0.2) is 0 Å². The lowest BCUT2D eigenvalue weighted by Gasteiger charge is -2.03. The molecular formula is C16H9Br2NO2S. The van der Waals surface area contributed by atoms with Gasteiger partial charge in [-0.05, 0) is 55.6 Å². The smallest absolute Gasteiger partial charge is 0.284 e. The van der Waals surface area contributed by atoms with Crippen molar-refractivity contribution in [3.8, 4) is 5.75 Å². The molecule has 110 valence electrons. The third-order valence-corrected chi connectivity index (χ3v) is 5.22. The van der Waals surface area contributed by atoms with Crippen molar-refractivity contribution in [2.24, 2.45) is 4.99 Å². The van der Waals surface area contributed by atoms with E-state index in [9.17, 15) is 9.90 Å².